The average molecular weight is 313 g/mol. The van der Waals surface area contributed by atoms with Gasteiger partial charge in [-0.15, -0.1) is 0 Å². The van der Waals surface area contributed by atoms with E-state index in [1.165, 1.54) is 12.1 Å². The maximum Gasteiger partial charge on any atom is 0.339 e. The number of rotatable bonds is 2. The van der Waals surface area contributed by atoms with E-state index in [9.17, 15) is 15.2 Å². The monoisotopic (exact) mass is 312 g/mol. The molecule has 0 aliphatic heterocycles. The van der Waals surface area contributed by atoms with E-state index in [1.807, 2.05) is 0 Å². The van der Waals surface area contributed by atoms with Gasteiger partial charge in [-0.25, -0.2) is 4.79 Å². The molecule has 1 aromatic heterocycles. The summed E-state index contributed by atoms with van der Waals surface area (Å²) < 4.78 is 1.69. The number of phenols is 1. The minimum atomic E-state index is -1.21. The van der Waals surface area contributed by atoms with Crippen LogP contribution in [0.2, 0.25) is 5.02 Å². The molecule has 0 saturated carbocycles. The Hall–Kier alpha value is -2.97. The zero-order chi connectivity index (χ0) is 15.9. The highest BCUT2D eigenvalue weighted by atomic mass is 35.5. The molecule has 0 fully saturated rings. The predicted molar refractivity (Wildman–Crippen MR) is 81.6 cm³/mol. The van der Waals surface area contributed by atoms with E-state index in [2.05, 4.69) is 6.07 Å². The van der Waals surface area contributed by atoms with Crippen LogP contribution in [0.3, 0.4) is 0 Å². The van der Waals surface area contributed by atoms with Crippen LogP contribution in [0, 0.1) is 11.3 Å². The molecule has 0 aliphatic carbocycles. The Morgan fingerprint density at radius 3 is 2.68 bits per heavy atom. The highest BCUT2D eigenvalue weighted by molar-refractivity contribution is 6.36. The van der Waals surface area contributed by atoms with Crippen LogP contribution in [-0.2, 0) is 0 Å². The van der Waals surface area contributed by atoms with Crippen molar-refractivity contribution in [2.45, 2.75) is 0 Å². The number of benzene rings is 2. The fourth-order valence-electron chi connectivity index (χ4n) is 2.39. The first-order valence-electron chi connectivity index (χ1n) is 6.29. The van der Waals surface area contributed by atoms with Crippen LogP contribution in [0.15, 0.2) is 42.6 Å². The molecular weight excluding hydrogens is 304 g/mol. The number of carboxylic acids is 1. The van der Waals surface area contributed by atoms with Gasteiger partial charge in [0.25, 0.3) is 0 Å². The molecule has 0 atom stereocenters. The second-order valence-electron chi connectivity index (χ2n) is 4.67. The van der Waals surface area contributed by atoms with Crippen molar-refractivity contribution in [2.75, 3.05) is 0 Å². The normalized spacial score (nSPS) is 10.5. The maximum absolute atomic E-state index is 10.9. The Morgan fingerprint density at radius 2 is 2.05 bits per heavy atom. The summed E-state index contributed by atoms with van der Waals surface area (Å²) in [5, 5.41) is 29.1. The van der Waals surface area contributed by atoms with Crippen molar-refractivity contribution in [3.63, 3.8) is 0 Å². The molecule has 0 spiro atoms. The number of aromatic carboxylic acids is 1. The molecule has 5 nitrogen and oxygen atoms in total. The predicted octanol–water partition coefficient (Wildman–Crippen LogP) is 3.56. The second kappa shape index (κ2) is 5.10. The van der Waals surface area contributed by atoms with Crippen LogP contribution < -0.4 is 0 Å². The number of carbonyl (C=O) groups is 1. The van der Waals surface area contributed by atoms with Gasteiger partial charge in [0, 0.05) is 23.3 Å². The molecule has 108 valence electrons. The smallest absolute Gasteiger partial charge is 0.339 e. The van der Waals surface area contributed by atoms with Gasteiger partial charge in [-0.3, -0.25) is 0 Å². The minimum absolute atomic E-state index is 0.182. The lowest BCUT2D eigenvalue weighted by Gasteiger charge is -2.07. The third kappa shape index (κ3) is 2.07. The number of hydrogen-bond acceptors (Lipinski definition) is 3. The molecule has 0 unspecified atom stereocenters. The number of carboxylic acid groups (broad SMARTS) is 1. The van der Waals surface area contributed by atoms with Crippen molar-refractivity contribution in [3.05, 3.63) is 58.7 Å². The van der Waals surface area contributed by atoms with Crippen LogP contribution in [0.4, 0.5) is 0 Å². The van der Waals surface area contributed by atoms with E-state index in [0.29, 0.717) is 27.2 Å². The maximum atomic E-state index is 10.9. The lowest BCUT2D eigenvalue weighted by molar-refractivity contribution is 0.0694. The van der Waals surface area contributed by atoms with Gasteiger partial charge in [0.1, 0.15) is 17.4 Å². The number of halogens is 1. The van der Waals surface area contributed by atoms with Crippen molar-refractivity contribution >= 4 is 28.5 Å². The largest absolute Gasteiger partial charge is 0.507 e. The van der Waals surface area contributed by atoms with Gasteiger partial charge in [0.05, 0.1) is 16.1 Å². The molecule has 0 radical (unpaired) electrons. The molecular formula is C16H9ClN2O3. The van der Waals surface area contributed by atoms with Crippen molar-refractivity contribution in [2.24, 2.45) is 0 Å². The molecule has 6 heteroatoms. The Balaban J connectivity index is 2.28. The molecule has 2 aromatic carbocycles. The van der Waals surface area contributed by atoms with Crippen LogP contribution in [-0.4, -0.2) is 20.7 Å². The fraction of sp³-hybridized carbons (Fsp3) is 0. The Labute approximate surface area is 130 Å². The first kappa shape index (κ1) is 14.0. The molecule has 0 amide bonds. The summed E-state index contributed by atoms with van der Waals surface area (Å²) in [7, 11) is 0. The van der Waals surface area contributed by atoms with Gasteiger partial charge in [-0.05, 0) is 24.3 Å². The van der Waals surface area contributed by atoms with Gasteiger partial charge in [-0.2, -0.15) is 5.26 Å². The van der Waals surface area contributed by atoms with E-state index in [-0.39, 0.29) is 11.3 Å². The van der Waals surface area contributed by atoms with Gasteiger partial charge < -0.3 is 14.8 Å². The van der Waals surface area contributed by atoms with E-state index in [0.717, 1.165) is 0 Å². The van der Waals surface area contributed by atoms with Crippen molar-refractivity contribution in [1.82, 2.24) is 4.57 Å². The summed E-state index contributed by atoms with van der Waals surface area (Å²) in [6.07, 6.45) is 1.60. The highest BCUT2D eigenvalue weighted by Crippen LogP contribution is 2.31. The number of aromatic nitrogens is 1. The van der Waals surface area contributed by atoms with Gasteiger partial charge >= 0.3 is 5.97 Å². The van der Waals surface area contributed by atoms with Crippen LogP contribution in [0.1, 0.15) is 15.9 Å². The van der Waals surface area contributed by atoms with Crippen molar-refractivity contribution < 1.29 is 15.0 Å². The molecule has 0 bridgehead atoms. The highest BCUT2D eigenvalue weighted by Gasteiger charge is 2.15. The second-order valence-corrected chi connectivity index (χ2v) is 5.07. The number of hydrogen-bond donors (Lipinski definition) is 2. The summed E-state index contributed by atoms with van der Waals surface area (Å²) in [4.78, 5) is 10.9. The van der Waals surface area contributed by atoms with E-state index in [1.54, 1.807) is 35.0 Å². The molecule has 0 aliphatic rings. The zero-order valence-electron chi connectivity index (χ0n) is 11.1. The summed E-state index contributed by atoms with van der Waals surface area (Å²) in [5.41, 5.74) is 1.46. The van der Waals surface area contributed by atoms with Gasteiger partial charge in [-0.1, -0.05) is 17.7 Å². The zero-order valence-corrected chi connectivity index (χ0v) is 11.9. The van der Waals surface area contributed by atoms with Crippen LogP contribution in [0.5, 0.6) is 5.75 Å². The fourth-order valence-corrected chi connectivity index (χ4v) is 2.66. The number of aromatic hydroxyl groups is 1. The molecule has 22 heavy (non-hydrogen) atoms. The number of fused-ring (bicyclic) bond motifs is 1. The lowest BCUT2D eigenvalue weighted by Crippen LogP contribution is -1.98. The topological polar surface area (TPSA) is 86.2 Å². The summed E-state index contributed by atoms with van der Waals surface area (Å²) in [6.45, 7) is 0. The first-order chi connectivity index (χ1) is 10.5. The molecule has 3 rings (SSSR count). The van der Waals surface area contributed by atoms with Crippen molar-refractivity contribution in [1.29, 1.82) is 5.26 Å². The van der Waals surface area contributed by atoms with Gasteiger partial charge in [0.2, 0.25) is 0 Å². The summed E-state index contributed by atoms with van der Waals surface area (Å²) in [6, 6.07) is 11.5. The van der Waals surface area contributed by atoms with Gasteiger partial charge in [0.15, 0.2) is 0 Å². The Morgan fingerprint density at radius 1 is 1.27 bits per heavy atom. The van der Waals surface area contributed by atoms with Crippen LogP contribution >= 0.6 is 11.6 Å². The quantitative estimate of drug-likeness (QED) is 0.757. The summed E-state index contributed by atoms with van der Waals surface area (Å²) in [5.74, 6) is -1.55. The lowest BCUT2D eigenvalue weighted by atomic mass is 10.1. The number of nitrogens with zero attached hydrogens (tertiary/aromatic N) is 2. The Kier molecular flexibility index (Phi) is 3.24. The minimum Gasteiger partial charge on any atom is -0.507 e. The SMILES string of the molecule is N#Cc1cn(-c2ccc(C(=O)O)c(O)c2)c2cccc(Cl)c12. The van der Waals surface area contributed by atoms with E-state index < -0.39 is 5.97 Å². The average Bonchev–Trinajstić information content (AvgIpc) is 2.87. The Bertz CT molecular complexity index is 954. The van der Waals surface area contributed by atoms with Crippen LogP contribution in [0.25, 0.3) is 16.6 Å². The molecule has 2 N–H and O–H groups in total. The third-order valence-corrected chi connectivity index (χ3v) is 3.70. The number of nitriles is 1. The molecule has 0 saturated heterocycles. The molecule has 1 heterocycles. The van der Waals surface area contributed by atoms with E-state index in [4.69, 9.17) is 16.7 Å². The van der Waals surface area contributed by atoms with Crippen molar-refractivity contribution in [3.8, 4) is 17.5 Å². The van der Waals surface area contributed by atoms with E-state index >= 15 is 0 Å². The third-order valence-electron chi connectivity index (χ3n) is 3.39. The standard InChI is InChI=1S/C16H9ClN2O3/c17-12-2-1-3-13-15(12)9(7-18)8-19(13)10-4-5-11(16(21)22)14(20)6-10/h1-6,8,20H,(H,21,22). The molecule has 3 aromatic rings. The summed E-state index contributed by atoms with van der Waals surface area (Å²) >= 11 is 6.15. The first-order valence-corrected chi connectivity index (χ1v) is 6.67.